The van der Waals surface area contributed by atoms with Crippen LogP contribution in [-0.2, 0) is 0 Å². The van der Waals surface area contributed by atoms with Crippen LogP contribution in [0.1, 0.15) is 15.9 Å². The molecule has 1 aliphatic rings. The van der Waals surface area contributed by atoms with Gasteiger partial charge in [0.2, 0.25) is 0 Å². The number of amidine groups is 1. The van der Waals surface area contributed by atoms with Gasteiger partial charge in [-0.2, -0.15) is 0 Å². The van der Waals surface area contributed by atoms with Gasteiger partial charge in [-0.25, -0.2) is 9.79 Å². The molecule has 23 heavy (non-hydrogen) atoms. The number of hydrogen-bond donors (Lipinski definition) is 2. The molecular formula is C16H11N3O3S. The van der Waals surface area contributed by atoms with Gasteiger partial charge in [0, 0.05) is 12.4 Å². The van der Waals surface area contributed by atoms with E-state index in [0.717, 1.165) is 17.3 Å². The highest BCUT2D eigenvalue weighted by Crippen LogP contribution is 2.28. The summed E-state index contributed by atoms with van der Waals surface area (Å²) in [6, 6.07) is 9.80. The Bertz CT molecular complexity index is 814. The van der Waals surface area contributed by atoms with Gasteiger partial charge in [0.05, 0.1) is 16.2 Å². The van der Waals surface area contributed by atoms with Crippen molar-refractivity contribution in [3.8, 4) is 0 Å². The number of thioether (sulfide) groups is 1. The fourth-order valence-corrected chi connectivity index (χ4v) is 2.67. The number of carboxylic acids is 1. The Morgan fingerprint density at radius 3 is 2.70 bits per heavy atom. The number of rotatable bonds is 3. The Balaban J connectivity index is 1.91. The summed E-state index contributed by atoms with van der Waals surface area (Å²) in [7, 11) is 0. The molecule has 0 bridgehead atoms. The van der Waals surface area contributed by atoms with Crippen LogP contribution in [0, 0.1) is 0 Å². The first kappa shape index (κ1) is 15.0. The minimum atomic E-state index is -0.994. The van der Waals surface area contributed by atoms with E-state index in [-0.39, 0.29) is 10.8 Å². The quantitative estimate of drug-likeness (QED) is 0.903. The lowest BCUT2D eigenvalue weighted by atomic mass is 10.2. The van der Waals surface area contributed by atoms with Gasteiger partial charge < -0.3 is 10.4 Å². The molecule has 2 aromatic rings. The van der Waals surface area contributed by atoms with E-state index in [9.17, 15) is 9.59 Å². The van der Waals surface area contributed by atoms with Crippen LogP contribution in [0.25, 0.3) is 6.08 Å². The predicted molar refractivity (Wildman–Crippen MR) is 88.8 cm³/mol. The van der Waals surface area contributed by atoms with Gasteiger partial charge in [-0.05, 0) is 53.7 Å². The van der Waals surface area contributed by atoms with Crippen molar-refractivity contribution in [2.75, 3.05) is 0 Å². The van der Waals surface area contributed by atoms with Crippen LogP contribution in [0.3, 0.4) is 0 Å². The number of pyridine rings is 1. The van der Waals surface area contributed by atoms with E-state index in [1.165, 1.54) is 12.1 Å². The van der Waals surface area contributed by atoms with Crippen molar-refractivity contribution in [1.82, 2.24) is 10.3 Å². The van der Waals surface area contributed by atoms with Crippen LogP contribution < -0.4 is 5.32 Å². The lowest BCUT2D eigenvalue weighted by Gasteiger charge is -2.00. The molecule has 1 aromatic heterocycles. The summed E-state index contributed by atoms with van der Waals surface area (Å²) >= 11 is 1.05. The number of aromatic carboxylic acids is 1. The maximum atomic E-state index is 11.6. The van der Waals surface area contributed by atoms with Crippen LogP contribution in [0.4, 0.5) is 10.5 Å². The van der Waals surface area contributed by atoms with Crippen molar-refractivity contribution in [3.05, 3.63) is 64.8 Å². The first-order valence-corrected chi connectivity index (χ1v) is 7.46. The number of nitrogens with zero attached hydrogens (tertiary/aromatic N) is 2. The Hall–Kier alpha value is -2.93. The molecule has 1 aliphatic heterocycles. The lowest BCUT2D eigenvalue weighted by molar-refractivity contribution is 0.0697. The van der Waals surface area contributed by atoms with Gasteiger partial charge in [-0.1, -0.05) is 6.07 Å². The van der Waals surface area contributed by atoms with E-state index in [1.807, 2.05) is 18.2 Å². The van der Waals surface area contributed by atoms with Gasteiger partial charge in [0.15, 0.2) is 0 Å². The molecule has 6 nitrogen and oxygen atoms in total. The molecule has 0 radical (unpaired) electrons. The average Bonchev–Trinajstić information content (AvgIpc) is 2.88. The minimum absolute atomic E-state index is 0.185. The number of nitrogens with one attached hydrogen (secondary N) is 1. The maximum Gasteiger partial charge on any atom is 0.335 e. The van der Waals surface area contributed by atoms with Crippen LogP contribution in [0.15, 0.2) is 58.7 Å². The SMILES string of the molecule is O=C1NC(=Nc2ccc(C(=O)O)cc2)/C(=C/c2cccnc2)S1. The molecule has 0 unspecified atom stereocenters. The Labute approximate surface area is 136 Å². The third-order valence-corrected chi connectivity index (χ3v) is 3.81. The average molecular weight is 325 g/mol. The predicted octanol–water partition coefficient (Wildman–Crippen LogP) is 3.31. The van der Waals surface area contributed by atoms with Gasteiger partial charge in [-0.3, -0.25) is 9.78 Å². The Morgan fingerprint density at radius 2 is 2.04 bits per heavy atom. The number of carbonyl (C=O) groups is 2. The van der Waals surface area contributed by atoms with Crippen molar-refractivity contribution in [3.63, 3.8) is 0 Å². The highest BCUT2D eigenvalue weighted by molar-refractivity contribution is 8.18. The first-order chi connectivity index (χ1) is 11.1. The fourth-order valence-electron chi connectivity index (χ4n) is 1.93. The largest absolute Gasteiger partial charge is 0.478 e. The van der Waals surface area contributed by atoms with Crippen LogP contribution in [-0.4, -0.2) is 27.1 Å². The number of aromatic nitrogens is 1. The number of aliphatic imine (C=N–C) groups is 1. The van der Waals surface area contributed by atoms with E-state index in [4.69, 9.17) is 5.11 Å². The molecule has 0 aliphatic carbocycles. The van der Waals surface area contributed by atoms with Crippen molar-refractivity contribution >= 4 is 40.6 Å². The second-order valence-corrected chi connectivity index (χ2v) is 5.64. The molecule has 7 heteroatoms. The van der Waals surface area contributed by atoms with Crippen molar-refractivity contribution < 1.29 is 14.7 Å². The third kappa shape index (κ3) is 3.64. The summed E-state index contributed by atoms with van der Waals surface area (Å²) in [6.07, 6.45) is 5.18. The van der Waals surface area contributed by atoms with Gasteiger partial charge in [-0.15, -0.1) is 0 Å². The molecule has 0 atom stereocenters. The van der Waals surface area contributed by atoms with Crippen molar-refractivity contribution in [1.29, 1.82) is 0 Å². The van der Waals surface area contributed by atoms with Gasteiger partial charge in [0.1, 0.15) is 5.84 Å². The molecule has 0 spiro atoms. The lowest BCUT2D eigenvalue weighted by Crippen LogP contribution is -2.18. The summed E-state index contributed by atoms with van der Waals surface area (Å²) in [5.41, 5.74) is 1.61. The van der Waals surface area contributed by atoms with E-state index in [0.29, 0.717) is 16.4 Å². The first-order valence-electron chi connectivity index (χ1n) is 6.65. The van der Waals surface area contributed by atoms with Crippen molar-refractivity contribution in [2.24, 2.45) is 4.99 Å². The fraction of sp³-hybridized carbons (Fsp3) is 0. The zero-order chi connectivity index (χ0) is 16.2. The Kier molecular flexibility index (Phi) is 4.20. The maximum absolute atomic E-state index is 11.6. The monoisotopic (exact) mass is 325 g/mol. The number of carbonyl (C=O) groups excluding carboxylic acids is 1. The van der Waals surface area contributed by atoms with E-state index < -0.39 is 5.97 Å². The van der Waals surface area contributed by atoms with Crippen LogP contribution in [0.2, 0.25) is 0 Å². The number of carboxylic acid groups (broad SMARTS) is 1. The Morgan fingerprint density at radius 1 is 1.26 bits per heavy atom. The number of hydrogen-bond acceptors (Lipinski definition) is 5. The molecular weight excluding hydrogens is 314 g/mol. The molecule has 1 fully saturated rings. The molecule has 1 aromatic carbocycles. The second kappa shape index (κ2) is 6.45. The third-order valence-electron chi connectivity index (χ3n) is 2.99. The number of amides is 1. The molecule has 114 valence electrons. The summed E-state index contributed by atoms with van der Waals surface area (Å²) in [5, 5.41) is 11.4. The van der Waals surface area contributed by atoms with E-state index in [1.54, 1.807) is 24.5 Å². The van der Waals surface area contributed by atoms with Gasteiger partial charge in [0.25, 0.3) is 5.24 Å². The van der Waals surface area contributed by atoms with Crippen LogP contribution in [0.5, 0.6) is 0 Å². The molecule has 3 rings (SSSR count). The number of benzene rings is 1. The summed E-state index contributed by atoms with van der Waals surface area (Å²) in [4.78, 5) is 31.5. The molecule has 2 N–H and O–H groups in total. The van der Waals surface area contributed by atoms with E-state index >= 15 is 0 Å². The topological polar surface area (TPSA) is 91.7 Å². The standard InChI is InChI=1S/C16H11N3O3S/c20-15(21)11-3-5-12(6-4-11)18-14-13(23-16(22)19-14)8-10-2-1-7-17-9-10/h1-9H,(H,20,21)(H,18,19,22)/b13-8-. The molecule has 1 saturated heterocycles. The highest BCUT2D eigenvalue weighted by atomic mass is 32.2. The summed E-state index contributed by atoms with van der Waals surface area (Å²) in [6.45, 7) is 0. The minimum Gasteiger partial charge on any atom is -0.478 e. The molecule has 0 saturated carbocycles. The molecule has 1 amide bonds. The van der Waals surface area contributed by atoms with Crippen LogP contribution >= 0.6 is 11.8 Å². The smallest absolute Gasteiger partial charge is 0.335 e. The second-order valence-electron chi connectivity index (χ2n) is 4.62. The zero-order valence-corrected chi connectivity index (χ0v) is 12.6. The molecule has 2 heterocycles. The highest BCUT2D eigenvalue weighted by Gasteiger charge is 2.23. The zero-order valence-electron chi connectivity index (χ0n) is 11.8. The summed E-state index contributed by atoms with van der Waals surface area (Å²) < 4.78 is 0. The van der Waals surface area contributed by atoms with Gasteiger partial charge >= 0.3 is 5.97 Å². The normalized spacial score (nSPS) is 17.5. The van der Waals surface area contributed by atoms with Crippen molar-refractivity contribution in [2.45, 2.75) is 0 Å². The van der Waals surface area contributed by atoms with E-state index in [2.05, 4.69) is 15.3 Å². The summed E-state index contributed by atoms with van der Waals surface area (Å²) in [5.74, 6) is -0.557.